The summed E-state index contributed by atoms with van der Waals surface area (Å²) in [5, 5.41) is 6.11. The molecule has 11 heteroatoms. The Hall–Kier alpha value is -3.21. The molecule has 0 unspecified atom stereocenters. The van der Waals surface area contributed by atoms with Crippen LogP contribution in [0.1, 0.15) is 33.4 Å². The van der Waals surface area contributed by atoms with Crippen LogP contribution in [0.2, 0.25) is 5.04 Å². The van der Waals surface area contributed by atoms with E-state index in [1.807, 2.05) is 36.4 Å². The molecule has 0 spiro atoms. The second-order valence-corrected chi connectivity index (χ2v) is 14.7. The number of methoxy groups -OCH3 is 1. The van der Waals surface area contributed by atoms with Crippen LogP contribution >= 0.6 is 12.2 Å². The maximum atomic E-state index is 12.1. The molecule has 194 valence electrons. The molecule has 1 N–H and O–H groups in total. The lowest BCUT2D eigenvalue weighted by Crippen LogP contribution is -2.67. The minimum Gasteiger partial charge on any atom is -0.490 e. The van der Waals surface area contributed by atoms with Crippen molar-refractivity contribution in [2.24, 2.45) is 5.11 Å². The zero-order chi connectivity index (χ0) is 26.6. The average Bonchev–Trinajstić information content (AvgIpc) is 3.27. The van der Waals surface area contributed by atoms with E-state index in [4.69, 9.17) is 26.1 Å². The predicted molar refractivity (Wildman–Crippen MR) is 147 cm³/mol. The molecule has 1 aliphatic rings. The first-order valence-corrected chi connectivity index (χ1v) is 14.4. The summed E-state index contributed by atoms with van der Waals surface area (Å²) >= 11 is 5.37. The van der Waals surface area contributed by atoms with E-state index < -0.39 is 32.3 Å². The second-order valence-electron chi connectivity index (χ2n) is 9.98. The van der Waals surface area contributed by atoms with Crippen molar-refractivity contribution >= 4 is 30.9 Å². The minimum absolute atomic E-state index is 0.115. The summed E-state index contributed by atoms with van der Waals surface area (Å²) in [5.41, 5.74) is 8.85. The van der Waals surface area contributed by atoms with Crippen molar-refractivity contribution < 1.29 is 13.9 Å². The van der Waals surface area contributed by atoms with Gasteiger partial charge in [0, 0.05) is 11.3 Å². The number of nitrogens with zero attached hydrogens (tertiary/aromatic N) is 4. The zero-order valence-corrected chi connectivity index (χ0v) is 23.1. The van der Waals surface area contributed by atoms with Crippen molar-refractivity contribution in [3.05, 3.63) is 92.4 Å². The van der Waals surface area contributed by atoms with Gasteiger partial charge in [-0.05, 0) is 33.2 Å². The smallest absolute Gasteiger partial charge is 0.294 e. The topological polar surface area (TPSA) is 114 Å². The summed E-state index contributed by atoms with van der Waals surface area (Å²) in [6.45, 7) is 6.83. The third kappa shape index (κ3) is 5.27. The number of hydrogen-bond acceptors (Lipinski definition) is 6. The van der Waals surface area contributed by atoms with Gasteiger partial charge in [-0.1, -0.05) is 86.5 Å². The molecule has 0 amide bonds. The highest BCUT2D eigenvalue weighted by atomic mass is 32.1. The van der Waals surface area contributed by atoms with Gasteiger partial charge in [-0.25, -0.2) is 0 Å². The fourth-order valence-electron chi connectivity index (χ4n) is 5.02. The number of azide groups is 1. The molecule has 9 nitrogen and oxygen atoms in total. The lowest BCUT2D eigenvalue weighted by atomic mass is 10.1. The Morgan fingerprint density at radius 3 is 2.27 bits per heavy atom. The summed E-state index contributed by atoms with van der Waals surface area (Å²) < 4.78 is 20.4. The SMILES string of the molecule is COc1cn([C@@H]2C[C@H](N=[N+]=[N-])[C@@H](CO[Si](c3ccccc3)(c3ccccc3)C(C)(C)C)O2)c(=S)[nH]c1=O. The number of aromatic nitrogens is 2. The standard InChI is InChI=1S/C26H31N5O4SSi/c1-26(2,3)37(18-11-7-5-8-12-18,19-13-9-6-10-14-19)34-17-22-20(29-30-27)15-23(35-22)31-16-21(33-4)24(32)28-25(31)36/h5-14,16,20,22-23H,15,17H2,1-4H3,(H,28,32,36)/t20-,22+,23-/m0/s1. The van der Waals surface area contributed by atoms with Crippen molar-refractivity contribution in [2.45, 2.75) is 50.6 Å². The number of ether oxygens (including phenoxy) is 2. The third-order valence-corrected chi connectivity index (χ3v) is 12.1. The summed E-state index contributed by atoms with van der Waals surface area (Å²) in [7, 11) is -1.40. The number of rotatable bonds is 8. The Morgan fingerprint density at radius 2 is 1.76 bits per heavy atom. The van der Waals surface area contributed by atoms with E-state index in [0.717, 1.165) is 10.4 Å². The van der Waals surface area contributed by atoms with Crippen LogP contribution in [0.25, 0.3) is 10.4 Å². The van der Waals surface area contributed by atoms with Crippen molar-refractivity contribution in [3.8, 4) is 5.75 Å². The lowest BCUT2D eigenvalue weighted by molar-refractivity contribution is -0.0233. The number of aromatic amines is 1. The number of benzene rings is 2. The molecule has 0 radical (unpaired) electrons. The van der Waals surface area contributed by atoms with Crippen molar-refractivity contribution in [1.29, 1.82) is 0 Å². The van der Waals surface area contributed by atoms with Gasteiger partial charge in [0.2, 0.25) is 5.75 Å². The molecule has 2 heterocycles. The van der Waals surface area contributed by atoms with E-state index in [0.29, 0.717) is 6.42 Å². The average molecular weight is 538 g/mol. The first-order valence-electron chi connectivity index (χ1n) is 12.1. The van der Waals surface area contributed by atoms with Gasteiger partial charge >= 0.3 is 0 Å². The maximum Gasteiger partial charge on any atom is 0.294 e. The number of hydrogen-bond donors (Lipinski definition) is 1. The fraction of sp³-hybridized carbons (Fsp3) is 0.385. The first-order chi connectivity index (χ1) is 17.7. The molecule has 1 saturated heterocycles. The second kappa shape index (κ2) is 11.0. The van der Waals surface area contributed by atoms with Gasteiger partial charge < -0.3 is 13.9 Å². The Bertz CT molecular complexity index is 1340. The van der Waals surface area contributed by atoms with Gasteiger partial charge in [0.1, 0.15) is 6.23 Å². The molecule has 0 aliphatic carbocycles. The number of H-pyrrole nitrogens is 1. The van der Waals surface area contributed by atoms with Crippen molar-refractivity contribution in [2.75, 3.05) is 13.7 Å². The molecule has 37 heavy (non-hydrogen) atoms. The van der Waals surface area contributed by atoms with Crippen LogP contribution in [0, 0.1) is 4.77 Å². The van der Waals surface area contributed by atoms with Gasteiger partial charge in [-0.2, -0.15) is 0 Å². The van der Waals surface area contributed by atoms with Crippen molar-refractivity contribution in [3.63, 3.8) is 0 Å². The van der Waals surface area contributed by atoms with Crippen LogP contribution in [0.3, 0.4) is 0 Å². The normalized spacial score (nSPS) is 19.8. The van der Waals surface area contributed by atoms with Crippen LogP contribution in [-0.2, 0) is 9.16 Å². The van der Waals surface area contributed by atoms with Crippen LogP contribution in [-0.4, -0.2) is 43.7 Å². The highest BCUT2D eigenvalue weighted by molar-refractivity contribution is 7.71. The van der Waals surface area contributed by atoms with E-state index in [9.17, 15) is 10.3 Å². The van der Waals surface area contributed by atoms with E-state index in [-0.39, 0.29) is 22.2 Å². The predicted octanol–water partition coefficient (Wildman–Crippen LogP) is 4.46. The zero-order valence-electron chi connectivity index (χ0n) is 21.3. The quantitative estimate of drug-likeness (QED) is 0.150. The highest BCUT2D eigenvalue weighted by Gasteiger charge is 2.51. The molecule has 0 bridgehead atoms. The van der Waals surface area contributed by atoms with Gasteiger partial charge in [0.05, 0.1) is 32.1 Å². The van der Waals surface area contributed by atoms with Gasteiger partial charge in [0.25, 0.3) is 13.9 Å². The Labute approximate surface area is 221 Å². The van der Waals surface area contributed by atoms with Crippen LogP contribution < -0.4 is 20.7 Å². The molecular formula is C26H31N5O4SSi. The Morgan fingerprint density at radius 1 is 1.16 bits per heavy atom. The Balaban J connectivity index is 1.71. The van der Waals surface area contributed by atoms with Gasteiger partial charge in [0.15, 0.2) is 4.77 Å². The summed E-state index contributed by atoms with van der Waals surface area (Å²) in [6, 6.07) is 20.2. The largest absolute Gasteiger partial charge is 0.490 e. The van der Waals surface area contributed by atoms with E-state index >= 15 is 0 Å². The van der Waals surface area contributed by atoms with Gasteiger partial charge in [-0.15, -0.1) is 0 Å². The molecule has 4 rings (SSSR count). The minimum atomic E-state index is -2.81. The molecule has 1 aromatic heterocycles. The summed E-state index contributed by atoms with van der Waals surface area (Å²) in [5.74, 6) is 0.115. The summed E-state index contributed by atoms with van der Waals surface area (Å²) in [4.78, 5) is 17.7. The van der Waals surface area contributed by atoms with E-state index in [1.54, 1.807) is 4.57 Å². The van der Waals surface area contributed by atoms with E-state index in [2.05, 4.69) is 60.0 Å². The molecule has 3 aromatic rings. The van der Waals surface area contributed by atoms with Crippen LogP contribution in [0.5, 0.6) is 5.75 Å². The molecule has 0 saturated carbocycles. The molecular weight excluding hydrogens is 506 g/mol. The summed E-state index contributed by atoms with van der Waals surface area (Å²) in [6.07, 6.45) is 0.830. The molecule has 3 atom stereocenters. The highest BCUT2D eigenvalue weighted by Crippen LogP contribution is 2.38. The molecule has 1 fully saturated rings. The molecule has 2 aromatic carbocycles. The Kier molecular flexibility index (Phi) is 8.01. The lowest BCUT2D eigenvalue weighted by Gasteiger charge is -2.43. The van der Waals surface area contributed by atoms with Crippen molar-refractivity contribution in [1.82, 2.24) is 9.55 Å². The monoisotopic (exact) mass is 537 g/mol. The fourth-order valence-corrected chi connectivity index (χ4v) is 9.85. The maximum absolute atomic E-state index is 12.1. The molecule has 1 aliphatic heterocycles. The van der Waals surface area contributed by atoms with E-state index in [1.165, 1.54) is 13.3 Å². The van der Waals surface area contributed by atoms with Gasteiger partial charge in [-0.3, -0.25) is 14.3 Å². The first kappa shape index (κ1) is 26.8. The third-order valence-electron chi connectivity index (χ3n) is 6.75. The number of nitrogens with one attached hydrogen (secondary N) is 1. The van der Waals surface area contributed by atoms with Crippen LogP contribution in [0.4, 0.5) is 0 Å². The van der Waals surface area contributed by atoms with Crippen LogP contribution in [0.15, 0.2) is 76.8 Å².